The Morgan fingerprint density at radius 2 is 2.25 bits per heavy atom. The zero-order valence-electron chi connectivity index (χ0n) is 9.45. The summed E-state index contributed by atoms with van der Waals surface area (Å²) in [7, 11) is 0. The summed E-state index contributed by atoms with van der Waals surface area (Å²) in [6.45, 7) is 3.08. The van der Waals surface area contributed by atoms with Crippen molar-refractivity contribution in [2.75, 3.05) is 19.8 Å². The van der Waals surface area contributed by atoms with Gasteiger partial charge in [0.15, 0.2) is 0 Å². The van der Waals surface area contributed by atoms with Gasteiger partial charge in [-0.05, 0) is 49.6 Å². The number of rotatable bonds is 6. The summed E-state index contributed by atoms with van der Waals surface area (Å²) < 4.78 is 5.50. The lowest BCUT2D eigenvalue weighted by atomic mass is 9.99. The third-order valence-electron chi connectivity index (χ3n) is 2.42. The number of benzene rings is 1. The maximum atomic E-state index is 9.12. The van der Waals surface area contributed by atoms with Crippen molar-refractivity contribution in [1.29, 1.82) is 0 Å². The standard InChI is InChI=1S/C12H18ClNO2/c1-2-16-12-4-3-11(13)6-10(12)5-9(7-14)8-15/h3-4,6,9,15H,2,5,7-8,14H2,1H3. The molecular formula is C12H18ClNO2. The first-order valence-corrected chi connectivity index (χ1v) is 5.81. The molecule has 0 aliphatic heterocycles. The van der Waals surface area contributed by atoms with Gasteiger partial charge in [-0.1, -0.05) is 11.6 Å². The highest BCUT2D eigenvalue weighted by Gasteiger charge is 2.11. The smallest absolute Gasteiger partial charge is 0.122 e. The van der Waals surface area contributed by atoms with Gasteiger partial charge in [0.1, 0.15) is 5.75 Å². The van der Waals surface area contributed by atoms with Crippen LogP contribution in [0.15, 0.2) is 18.2 Å². The average molecular weight is 244 g/mol. The van der Waals surface area contributed by atoms with Crippen LogP contribution in [0.4, 0.5) is 0 Å². The molecule has 3 N–H and O–H groups in total. The van der Waals surface area contributed by atoms with E-state index in [1.54, 1.807) is 6.07 Å². The zero-order valence-corrected chi connectivity index (χ0v) is 10.2. The Bertz CT molecular complexity index is 327. The molecule has 0 radical (unpaired) electrons. The Labute approximate surface area is 101 Å². The molecule has 0 aliphatic rings. The van der Waals surface area contributed by atoms with E-state index in [1.807, 2.05) is 19.1 Å². The van der Waals surface area contributed by atoms with Crippen molar-refractivity contribution in [2.45, 2.75) is 13.3 Å². The van der Waals surface area contributed by atoms with Crippen molar-refractivity contribution in [1.82, 2.24) is 0 Å². The number of halogens is 1. The molecule has 0 amide bonds. The largest absolute Gasteiger partial charge is 0.494 e. The van der Waals surface area contributed by atoms with Crippen LogP contribution in [0.25, 0.3) is 0 Å². The van der Waals surface area contributed by atoms with Gasteiger partial charge in [0.05, 0.1) is 6.61 Å². The van der Waals surface area contributed by atoms with E-state index in [4.69, 9.17) is 27.2 Å². The van der Waals surface area contributed by atoms with Gasteiger partial charge in [-0.3, -0.25) is 0 Å². The predicted molar refractivity (Wildman–Crippen MR) is 66.0 cm³/mol. The Balaban J connectivity index is 2.86. The lowest BCUT2D eigenvalue weighted by molar-refractivity contribution is 0.228. The maximum absolute atomic E-state index is 9.12. The van der Waals surface area contributed by atoms with E-state index in [-0.39, 0.29) is 12.5 Å². The summed E-state index contributed by atoms with van der Waals surface area (Å²) >= 11 is 5.94. The molecule has 0 saturated carbocycles. The van der Waals surface area contributed by atoms with Crippen LogP contribution in [0, 0.1) is 5.92 Å². The molecule has 1 aromatic rings. The molecule has 0 heterocycles. The van der Waals surface area contributed by atoms with Crippen LogP contribution in [0.5, 0.6) is 5.75 Å². The van der Waals surface area contributed by atoms with Gasteiger partial charge in [-0.2, -0.15) is 0 Å². The molecule has 4 heteroatoms. The summed E-state index contributed by atoms with van der Waals surface area (Å²) in [6, 6.07) is 5.52. The molecule has 0 aromatic heterocycles. The van der Waals surface area contributed by atoms with Gasteiger partial charge in [0.2, 0.25) is 0 Å². The number of ether oxygens (including phenoxy) is 1. The Morgan fingerprint density at radius 1 is 1.50 bits per heavy atom. The molecule has 0 aliphatic carbocycles. The molecule has 1 rings (SSSR count). The van der Waals surface area contributed by atoms with Gasteiger partial charge in [0.25, 0.3) is 0 Å². The third kappa shape index (κ3) is 3.67. The molecule has 0 bridgehead atoms. The van der Waals surface area contributed by atoms with Gasteiger partial charge in [-0.15, -0.1) is 0 Å². The molecule has 0 saturated heterocycles. The molecule has 3 nitrogen and oxygen atoms in total. The van der Waals surface area contributed by atoms with Crippen molar-refractivity contribution < 1.29 is 9.84 Å². The quantitative estimate of drug-likeness (QED) is 0.802. The molecule has 90 valence electrons. The molecule has 1 aromatic carbocycles. The van der Waals surface area contributed by atoms with Gasteiger partial charge < -0.3 is 15.6 Å². The lowest BCUT2D eigenvalue weighted by Gasteiger charge is -2.15. The fraction of sp³-hybridized carbons (Fsp3) is 0.500. The summed E-state index contributed by atoms with van der Waals surface area (Å²) in [4.78, 5) is 0. The Hall–Kier alpha value is -0.770. The summed E-state index contributed by atoms with van der Waals surface area (Å²) in [5.74, 6) is 0.872. The van der Waals surface area contributed by atoms with Crippen LogP contribution in [-0.2, 0) is 6.42 Å². The van der Waals surface area contributed by atoms with Gasteiger partial charge in [-0.25, -0.2) is 0 Å². The first-order chi connectivity index (χ1) is 7.71. The topological polar surface area (TPSA) is 55.5 Å². The van der Waals surface area contributed by atoms with E-state index in [0.717, 1.165) is 11.3 Å². The lowest BCUT2D eigenvalue weighted by Crippen LogP contribution is -2.20. The maximum Gasteiger partial charge on any atom is 0.122 e. The highest BCUT2D eigenvalue weighted by Crippen LogP contribution is 2.25. The van der Waals surface area contributed by atoms with E-state index in [0.29, 0.717) is 24.6 Å². The Kier molecular flexibility index (Phi) is 5.60. The zero-order chi connectivity index (χ0) is 12.0. The number of hydrogen-bond acceptors (Lipinski definition) is 3. The van der Waals surface area contributed by atoms with Crippen molar-refractivity contribution in [3.63, 3.8) is 0 Å². The van der Waals surface area contributed by atoms with Gasteiger partial charge >= 0.3 is 0 Å². The van der Waals surface area contributed by atoms with Crippen LogP contribution >= 0.6 is 11.6 Å². The minimum absolute atomic E-state index is 0.0534. The van der Waals surface area contributed by atoms with E-state index in [2.05, 4.69) is 0 Å². The second-order valence-corrected chi connectivity index (χ2v) is 4.11. The van der Waals surface area contributed by atoms with Crippen LogP contribution in [0.3, 0.4) is 0 Å². The number of aliphatic hydroxyl groups is 1. The highest BCUT2D eigenvalue weighted by atomic mass is 35.5. The van der Waals surface area contributed by atoms with Crippen molar-refractivity contribution >= 4 is 11.6 Å². The summed E-state index contributed by atoms with van der Waals surface area (Å²) in [5.41, 5.74) is 6.56. The molecule has 16 heavy (non-hydrogen) atoms. The number of hydrogen-bond donors (Lipinski definition) is 2. The third-order valence-corrected chi connectivity index (χ3v) is 2.66. The normalized spacial score (nSPS) is 12.5. The minimum Gasteiger partial charge on any atom is -0.494 e. The van der Waals surface area contributed by atoms with E-state index in [1.165, 1.54) is 0 Å². The SMILES string of the molecule is CCOc1ccc(Cl)cc1CC(CN)CO. The first-order valence-electron chi connectivity index (χ1n) is 5.43. The van der Waals surface area contributed by atoms with Crippen LogP contribution in [0.1, 0.15) is 12.5 Å². The van der Waals surface area contributed by atoms with Gasteiger partial charge in [0, 0.05) is 11.6 Å². The second-order valence-electron chi connectivity index (χ2n) is 3.67. The first kappa shape index (κ1) is 13.3. The molecular weight excluding hydrogens is 226 g/mol. The van der Waals surface area contributed by atoms with E-state index < -0.39 is 0 Å². The minimum atomic E-state index is 0.0534. The van der Waals surface area contributed by atoms with E-state index in [9.17, 15) is 0 Å². The van der Waals surface area contributed by atoms with Crippen LogP contribution < -0.4 is 10.5 Å². The van der Waals surface area contributed by atoms with Crippen molar-refractivity contribution in [3.05, 3.63) is 28.8 Å². The average Bonchev–Trinajstić information content (AvgIpc) is 2.29. The monoisotopic (exact) mass is 243 g/mol. The van der Waals surface area contributed by atoms with Crippen molar-refractivity contribution in [3.8, 4) is 5.75 Å². The Morgan fingerprint density at radius 3 is 2.81 bits per heavy atom. The van der Waals surface area contributed by atoms with E-state index >= 15 is 0 Å². The highest BCUT2D eigenvalue weighted by molar-refractivity contribution is 6.30. The van der Waals surface area contributed by atoms with Crippen molar-refractivity contribution in [2.24, 2.45) is 11.7 Å². The second kappa shape index (κ2) is 6.74. The molecule has 1 atom stereocenters. The summed E-state index contributed by atoms with van der Waals surface area (Å²) in [5, 5.41) is 9.80. The summed E-state index contributed by atoms with van der Waals surface area (Å²) in [6.07, 6.45) is 0.683. The molecule has 0 fully saturated rings. The van der Waals surface area contributed by atoms with Crippen LogP contribution in [0.2, 0.25) is 5.02 Å². The fourth-order valence-corrected chi connectivity index (χ4v) is 1.73. The fourth-order valence-electron chi connectivity index (χ4n) is 1.54. The van der Waals surface area contributed by atoms with Crippen LogP contribution in [-0.4, -0.2) is 24.9 Å². The molecule has 1 unspecified atom stereocenters. The number of aliphatic hydroxyl groups excluding tert-OH is 1. The number of nitrogens with two attached hydrogens (primary N) is 1. The predicted octanol–water partition coefficient (Wildman–Crippen LogP) is 1.85. The molecule has 0 spiro atoms.